The zero-order valence-corrected chi connectivity index (χ0v) is 8.71. The molecule has 3 heteroatoms. The number of imide groups is 1. The topological polar surface area (TPSA) is 46.2 Å². The third-order valence-electron chi connectivity index (χ3n) is 2.89. The highest BCUT2D eigenvalue weighted by molar-refractivity contribution is 6.18. The fraction of sp³-hybridized carbons (Fsp3) is 0.500. The Morgan fingerprint density at radius 3 is 2.60 bits per heavy atom. The number of nitrogens with one attached hydrogen (secondary N) is 1. The number of carbonyl (C=O) groups excluding carboxylic acids is 2. The Morgan fingerprint density at radius 2 is 1.87 bits per heavy atom. The Kier molecular flexibility index (Phi) is 2.99. The first-order valence-electron chi connectivity index (χ1n) is 5.54. The Morgan fingerprint density at radius 1 is 1.07 bits per heavy atom. The lowest BCUT2D eigenvalue weighted by atomic mass is 9.95. The highest BCUT2D eigenvalue weighted by Gasteiger charge is 2.23. The normalized spacial score (nSPS) is 26.1. The minimum Gasteiger partial charge on any atom is -0.289 e. The molecule has 1 aliphatic carbocycles. The molecule has 80 valence electrons. The van der Waals surface area contributed by atoms with Crippen molar-refractivity contribution < 1.29 is 9.59 Å². The lowest BCUT2D eigenvalue weighted by molar-refractivity contribution is -0.123. The maximum Gasteiger partial charge on any atom is 0.258 e. The fourth-order valence-corrected chi connectivity index (χ4v) is 2.09. The molecule has 0 aromatic rings. The second-order valence-electron chi connectivity index (χ2n) is 4.06. The van der Waals surface area contributed by atoms with Gasteiger partial charge in [-0.1, -0.05) is 18.9 Å². The molecule has 0 unspecified atom stereocenters. The number of allylic oxidation sites excluding steroid dienone is 1. The Balaban J connectivity index is 2.17. The van der Waals surface area contributed by atoms with Crippen LogP contribution >= 0.6 is 0 Å². The van der Waals surface area contributed by atoms with E-state index in [1.54, 1.807) is 0 Å². The van der Waals surface area contributed by atoms with Crippen molar-refractivity contribution in [2.24, 2.45) is 0 Å². The largest absolute Gasteiger partial charge is 0.289 e. The van der Waals surface area contributed by atoms with E-state index < -0.39 is 0 Å². The minimum absolute atomic E-state index is 0.230. The first-order chi connectivity index (χ1) is 7.27. The van der Waals surface area contributed by atoms with Crippen LogP contribution in [0.1, 0.15) is 38.5 Å². The molecule has 15 heavy (non-hydrogen) atoms. The highest BCUT2D eigenvalue weighted by atomic mass is 16.2. The van der Waals surface area contributed by atoms with Gasteiger partial charge in [-0.2, -0.15) is 0 Å². The molecular formula is C12H15NO2. The van der Waals surface area contributed by atoms with Crippen LogP contribution in [0.2, 0.25) is 0 Å². The third kappa shape index (κ3) is 2.35. The second kappa shape index (κ2) is 4.43. The lowest BCUT2D eigenvalue weighted by Gasteiger charge is -2.10. The molecule has 2 aliphatic rings. The van der Waals surface area contributed by atoms with E-state index in [1.165, 1.54) is 25.3 Å². The van der Waals surface area contributed by atoms with Crippen LogP contribution in [0.3, 0.4) is 0 Å². The maximum atomic E-state index is 11.4. The van der Waals surface area contributed by atoms with Crippen molar-refractivity contribution in [1.82, 2.24) is 5.32 Å². The molecule has 1 N–H and O–H groups in total. The summed E-state index contributed by atoms with van der Waals surface area (Å²) in [6, 6.07) is 0. The summed E-state index contributed by atoms with van der Waals surface area (Å²) in [7, 11) is 0. The van der Waals surface area contributed by atoms with Crippen LogP contribution in [-0.2, 0) is 9.59 Å². The predicted octanol–water partition coefficient (Wildman–Crippen LogP) is 1.85. The van der Waals surface area contributed by atoms with Crippen LogP contribution in [0.5, 0.6) is 0 Å². The summed E-state index contributed by atoms with van der Waals surface area (Å²) in [5.41, 5.74) is 1.64. The number of hydrogen-bond donors (Lipinski definition) is 1. The average Bonchev–Trinajstić information content (AvgIpc) is 2.45. The van der Waals surface area contributed by atoms with Crippen LogP contribution in [0.15, 0.2) is 23.3 Å². The zero-order chi connectivity index (χ0) is 10.7. The van der Waals surface area contributed by atoms with Crippen molar-refractivity contribution in [2.75, 3.05) is 0 Å². The number of hydrogen-bond acceptors (Lipinski definition) is 2. The van der Waals surface area contributed by atoms with E-state index in [-0.39, 0.29) is 11.8 Å². The summed E-state index contributed by atoms with van der Waals surface area (Å²) in [6.07, 6.45) is 10.3. The summed E-state index contributed by atoms with van der Waals surface area (Å²) in [5, 5.41) is 2.29. The summed E-state index contributed by atoms with van der Waals surface area (Å²) in [5.74, 6) is -0.509. The van der Waals surface area contributed by atoms with Gasteiger partial charge in [0.15, 0.2) is 0 Å². The van der Waals surface area contributed by atoms with Gasteiger partial charge in [0.2, 0.25) is 0 Å². The van der Waals surface area contributed by atoms with Crippen molar-refractivity contribution in [2.45, 2.75) is 38.5 Å². The van der Waals surface area contributed by atoms with Gasteiger partial charge in [0.05, 0.1) is 0 Å². The van der Waals surface area contributed by atoms with Crippen molar-refractivity contribution in [3.63, 3.8) is 0 Å². The van der Waals surface area contributed by atoms with Gasteiger partial charge in [0, 0.05) is 11.6 Å². The minimum atomic E-state index is -0.280. The summed E-state index contributed by atoms with van der Waals surface area (Å²) < 4.78 is 0. The molecule has 1 heterocycles. The lowest BCUT2D eigenvalue weighted by Crippen LogP contribution is -2.22. The van der Waals surface area contributed by atoms with Crippen LogP contribution in [0.4, 0.5) is 0 Å². The molecule has 0 atom stereocenters. The molecule has 2 amide bonds. The van der Waals surface area contributed by atoms with Crippen molar-refractivity contribution in [3.8, 4) is 0 Å². The number of amides is 2. The van der Waals surface area contributed by atoms with Gasteiger partial charge in [0.25, 0.3) is 11.8 Å². The van der Waals surface area contributed by atoms with E-state index in [9.17, 15) is 9.59 Å². The number of rotatable bonds is 1. The van der Waals surface area contributed by atoms with Gasteiger partial charge in [0.1, 0.15) is 0 Å². The molecule has 0 spiro atoms. The van der Waals surface area contributed by atoms with Crippen LogP contribution in [-0.4, -0.2) is 11.8 Å². The molecular weight excluding hydrogens is 190 g/mol. The molecule has 1 aliphatic heterocycles. The van der Waals surface area contributed by atoms with Gasteiger partial charge in [-0.3, -0.25) is 14.9 Å². The summed E-state index contributed by atoms with van der Waals surface area (Å²) >= 11 is 0. The standard InChI is InChI=1S/C12H15NO2/c14-11-8-10(12(15)13-11)9-6-4-2-1-3-5-7-9/h6,8H,1-5,7H2,(H,13,14,15)/b9-6+. The first kappa shape index (κ1) is 10.1. The highest BCUT2D eigenvalue weighted by Crippen LogP contribution is 2.24. The molecule has 0 bridgehead atoms. The third-order valence-corrected chi connectivity index (χ3v) is 2.89. The van der Waals surface area contributed by atoms with Crippen LogP contribution in [0.25, 0.3) is 0 Å². The molecule has 0 fully saturated rings. The quantitative estimate of drug-likeness (QED) is 0.664. The van der Waals surface area contributed by atoms with Crippen LogP contribution in [0, 0.1) is 0 Å². The van der Waals surface area contributed by atoms with Crippen molar-refractivity contribution in [1.29, 1.82) is 0 Å². The van der Waals surface area contributed by atoms with E-state index in [2.05, 4.69) is 11.4 Å². The van der Waals surface area contributed by atoms with Gasteiger partial charge >= 0.3 is 0 Å². The maximum absolute atomic E-state index is 11.4. The van der Waals surface area contributed by atoms with Gasteiger partial charge in [-0.15, -0.1) is 0 Å². The monoisotopic (exact) mass is 205 g/mol. The van der Waals surface area contributed by atoms with E-state index in [0.29, 0.717) is 5.57 Å². The van der Waals surface area contributed by atoms with Gasteiger partial charge < -0.3 is 0 Å². The van der Waals surface area contributed by atoms with Crippen LogP contribution < -0.4 is 5.32 Å². The molecule has 0 radical (unpaired) electrons. The van der Waals surface area contributed by atoms with E-state index in [1.807, 2.05) is 0 Å². The van der Waals surface area contributed by atoms with Gasteiger partial charge in [-0.05, 0) is 31.3 Å². The fourth-order valence-electron chi connectivity index (χ4n) is 2.09. The molecule has 2 rings (SSSR count). The summed E-state index contributed by atoms with van der Waals surface area (Å²) in [6.45, 7) is 0. The molecule has 0 aromatic heterocycles. The first-order valence-corrected chi connectivity index (χ1v) is 5.54. The summed E-state index contributed by atoms with van der Waals surface area (Å²) in [4.78, 5) is 22.5. The second-order valence-corrected chi connectivity index (χ2v) is 4.06. The smallest absolute Gasteiger partial charge is 0.258 e. The molecule has 0 saturated heterocycles. The van der Waals surface area contributed by atoms with E-state index >= 15 is 0 Å². The zero-order valence-electron chi connectivity index (χ0n) is 8.71. The Bertz CT molecular complexity index is 353. The average molecular weight is 205 g/mol. The van der Waals surface area contributed by atoms with Gasteiger partial charge in [-0.25, -0.2) is 0 Å². The Hall–Kier alpha value is -1.38. The van der Waals surface area contributed by atoms with E-state index in [0.717, 1.165) is 24.8 Å². The Labute approximate surface area is 89.2 Å². The van der Waals surface area contributed by atoms with Crippen molar-refractivity contribution >= 4 is 11.8 Å². The SMILES string of the molecule is O=C1C=C(/C2=C/CCCCCC2)C(=O)N1. The molecule has 3 nitrogen and oxygen atoms in total. The van der Waals surface area contributed by atoms with Crippen molar-refractivity contribution in [3.05, 3.63) is 23.3 Å². The molecule has 0 aromatic carbocycles. The molecule has 0 saturated carbocycles. The number of carbonyl (C=O) groups is 2. The van der Waals surface area contributed by atoms with E-state index in [4.69, 9.17) is 0 Å². The predicted molar refractivity (Wildman–Crippen MR) is 57.0 cm³/mol.